The minimum atomic E-state index is -0.0653. The van der Waals surface area contributed by atoms with Crippen LogP contribution in [-0.2, 0) is 13.0 Å². The van der Waals surface area contributed by atoms with E-state index in [0.29, 0.717) is 12.0 Å². The molecule has 0 bridgehead atoms. The fraction of sp³-hybridized carbons (Fsp3) is 0.533. The highest BCUT2D eigenvalue weighted by molar-refractivity contribution is 5.96. The Hall–Kier alpha value is -2.11. The zero-order valence-electron chi connectivity index (χ0n) is 13.3. The summed E-state index contributed by atoms with van der Waals surface area (Å²) in [5.41, 5.74) is 4.35. The van der Waals surface area contributed by atoms with Crippen molar-refractivity contribution < 1.29 is 4.79 Å². The van der Waals surface area contributed by atoms with Crippen LogP contribution in [0.5, 0.6) is 0 Å². The van der Waals surface area contributed by atoms with Gasteiger partial charge in [0.25, 0.3) is 5.91 Å². The minimum absolute atomic E-state index is 0.0176. The molecular weight excluding hydrogens is 266 g/mol. The lowest BCUT2D eigenvalue weighted by atomic mass is 10.1. The second-order valence-electron chi connectivity index (χ2n) is 5.48. The molecule has 2 rings (SSSR count). The third-order valence-electron chi connectivity index (χ3n) is 3.56. The van der Waals surface area contributed by atoms with Crippen molar-refractivity contribution in [1.82, 2.24) is 25.3 Å². The number of nitrogens with one attached hydrogen (secondary N) is 2. The van der Waals surface area contributed by atoms with Crippen LogP contribution in [0.25, 0.3) is 0 Å². The van der Waals surface area contributed by atoms with E-state index >= 15 is 0 Å². The van der Waals surface area contributed by atoms with Crippen LogP contribution < -0.4 is 5.32 Å². The van der Waals surface area contributed by atoms with Crippen LogP contribution in [0.3, 0.4) is 0 Å². The van der Waals surface area contributed by atoms with Crippen molar-refractivity contribution in [3.05, 3.63) is 34.4 Å². The van der Waals surface area contributed by atoms with Crippen molar-refractivity contribution >= 4 is 5.91 Å². The molecule has 114 valence electrons. The molecule has 0 aliphatic rings. The summed E-state index contributed by atoms with van der Waals surface area (Å²) in [4.78, 5) is 12.4. The van der Waals surface area contributed by atoms with E-state index in [9.17, 15) is 4.79 Å². The zero-order chi connectivity index (χ0) is 15.6. The molecule has 0 aliphatic carbocycles. The highest BCUT2D eigenvalue weighted by Gasteiger charge is 2.19. The summed E-state index contributed by atoms with van der Waals surface area (Å²) in [7, 11) is 0. The number of amides is 1. The first-order chi connectivity index (χ1) is 9.92. The number of carbonyl (C=O) groups is 1. The zero-order valence-corrected chi connectivity index (χ0v) is 13.3. The van der Waals surface area contributed by atoms with Crippen LogP contribution in [0.15, 0.2) is 6.07 Å². The summed E-state index contributed by atoms with van der Waals surface area (Å²) in [6, 6.07) is 2.01. The number of aromatic amines is 1. The summed E-state index contributed by atoms with van der Waals surface area (Å²) in [5.74, 6) is -0.0653. The summed E-state index contributed by atoms with van der Waals surface area (Å²) < 4.78 is 1.85. The van der Waals surface area contributed by atoms with E-state index in [2.05, 4.69) is 20.6 Å². The molecule has 0 spiro atoms. The van der Waals surface area contributed by atoms with Crippen molar-refractivity contribution in [1.29, 1.82) is 0 Å². The third-order valence-corrected chi connectivity index (χ3v) is 3.56. The first-order valence-corrected chi connectivity index (χ1v) is 7.28. The SMILES string of the molecule is CCn1nc(C)c(C(=O)N[C@H](C)Cc2cc(C)[nH]n2)c1C. The second kappa shape index (κ2) is 6.11. The van der Waals surface area contributed by atoms with Gasteiger partial charge in [-0.1, -0.05) is 0 Å². The Morgan fingerprint density at radius 3 is 2.67 bits per heavy atom. The first kappa shape index (κ1) is 15.3. The largest absolute Gasteiger partial charge is 0.349 e. The molecule has 2 aromatic rings. The summed E-state index contributed by atoms with van der Waals surface area (Å²) >= 11 is 0. The average molecular weight is 289 g/mol. The number of carbonyl (C=O) groups excluding carboxylic acids is 1. The van der Waals surface area contributed by atoms with Crippen LogP contribution in [-0.4, -0.2) is 31.9 Å². The van der Waals surface area contributed by atoms with Crippen LogP contribution in [0.4, 0.5) is 0 Å². The predicted molar refractivity (Wildman–Crippen MR) is 81.3 cm³/mol. The van der Waals surface area contributed by atoms with Crippen molar-refractivity contribution in [2.75, 3.05) is 0 Å². The number of H-pyrrole nitrogens is 1. The first-order valence-electron chi connectivity index (χ1n) is 7.28. The maximum atomic E-state index is 12.4. The van der Waals surface area contributed by atoms with Crippen LogP contribution in [0, 0.1) is 20.8 Å². The standard InChI is InChI=1S/C15H23N5O/c1-6-20-12(5)14(11(4)19-20)15(21)16-9(2)7-13-8-10(3)17-18-13/h8-9H,6-7H2,1-5H3,(H,16,21)(H,17,18)/t9-/m1/s1. The minimum Gasteiger partial charge on any atom is -0.349 e. The van der Waals surface area contributed by atoms with Gasteiger partial charge in [0.05, 0.1) is 17.0 Å². The van der Waals surface area contributed by atoms with Crippen molar-refractivity contribution in [3.8, 4) is 0 Å². The number of hydrogen-bond acceptors (Lipinski definition) is 3. The molecule has 0 aliphatic heterocycles. The molecule has 2 aromatic heterocycles. The highest BCUT2D eigenvalue weighted by atomic mass is 16.1. The molecule has 0 unspecified atom stereocenters. The fourth-order valence-electron chi connectivity index (χ4n) is 2.57. The van der Waals surface area contributed by atoms with Gasteiger partial charge in [-0.05, 0) is 40.7 Å². The number of nitrogens with zero attached hydrogens (tertiary/aromatic N) is 3. The quantitative estimate of drug-likeness (QED) is 0.883. The molecule has 6 nitrogen and oxygen atoms in total. The van der Waals surface area contributed by atoms with E-state index < -0.39 is 0 Å². The fourth-order valence-corrected chi connectivity index (χ4v) is 2.57. The van der Waals surface area contributed by atoms with Gasteiger partial charge in [-0.15, -0.1) is 0 Å². The van der Waals surface area contributed by atoms with Crippen molar-refractivity contribution in [2.24, 2.45) is 0 Å². The molecule has 1 amide bonds. The Bertz CT molecular complexity index is 641. The highest BCUT2D eigenvalue weighted by Crippen LogP contribution is 2.13. The molecule has 21 heavy (non-hydrogen) atoms. The van der Waals surface area contributed by atoms with Gasteiger partial charge >= 0.3 is 0 Å². The van der Waals surface area contributed by atoms with E-state index in [0.717, 1.165) is 29.3 Å². The van der Waals surface area contributed by atoms with Crippen molar-refractivity contribution in [2.45, 2.75) is 53.6 Å². The van der Waals surface area contributed by atoms with Gasteiger partial charge in [-0.2, -0.15) is 10.2 Å². The van der Waals surface area contributed by atoms with E-state index in [1.807, 2.05) is 45.4 Å². The number of rotatable bonds is 5. The topological polar surface area (TPSA) is 75.6 Å². The Morgan fingerprint density at radius 1 is 1.43 bits per heavy atom. The van der Waals surface area contributed by atoms with Crippen LogP contribution >= 0.6 is 0 Å². The normalized spacial score (nSPS) is 12.4. The van der Waals surface area contributed by atoms with Gasteiger partial charge in [0.15, 0.2) is 0 Å². The summed E-state index contributed by atoms with van der Waals surface area (Å²) in [6.45, 7) is 10.5. The molecule has 2 heterocycles. The molecule has 0 saturated heterocycles. The third kappa shape index (κ3) is 3.32. The molecule has 0 fully saturated rings. The summed E-state index contributed by atoms with van der Waals surface area (Å²) in [5, 5.41) is 14.5. The molecule has 0 radical (unpaired) electrons. The molecule has 6 heteroatoms. The van der Waals surface area contributed by atoms with E-state index in [1.54, 1.807) is 0 Å². The lowest BCUT2D eigenvalue weighted by Gasteiger charge is -2.12. The van der Waals surface area contributed by atoms with Gasteiger partial charge in [0.1, 0.15) is 0 Å². The Balaban J connectivity index is 2.05. The smallest absolute Gasteiger partial charge is 0.255 e. The van der Waals surface area contributed by atoms with Crippen molar-refractivity contribution in [3.63, 3.8) is 0 Å². The van der Waals surface area contributed by atoms with Gasteiger partial charge in [-0.25, -0.2) is 0 Å². The molecule has 0 aromatic carbocycles. The Kier molecular flexibility index (Phi) is 4.45. The lowest BCUT2D eigenvalue weighted by Crippen LogP contribution is -2.34. The molecule has 2 N–H and O–H groups in total. The van der Waals surface area contributed by atoms with Gasteiger partial charge < -0.3 is 5.32 Å². The van der Waals surface area contributed by atoms with E-state index in [-0.39, 0.29) is 11.9 Å². The van der Waals surface area contributed by atoms with Gasteiger partial charge in [-0.3, -0.25) is 14.6 Å². The van der Waals surface area contributed by atoms with Crippen LogP contribution in [0.2, 0.25) is 0 Å². The van der Waals surface area contributed by atoms with Gasteiger partial charge in [0, 0.05) is 30.4 Å². The summed E-state index contributed by atoms with van der Waals surface area (Å²) in [6.07, 6.45) is 0.704. The van der Waals surface area contributed by atoms with E-state index in [1.165, 1.54) is 0 Å². The maximum Gasteiger partial charge on any atom is 0.255 e. The number of hydrogen-bond donors (Lipinski definition) is 2. The van der Waals surface area contributed by atoms with Gasteiger partial charge in [0.2, 0.25) is 0 Å². The van der Waals surface area contributed by atoms with Crippen LogP contribution in [0.1, 0.15) is 47.0 Å². The maximum absolute atomic E-state index is 12.4. The molecular formula is C15H23N5O. The number of aromatic nitrogens is 4. The molecule has 0 saturated carbocycles. The second-order valence-corrected chi connectivity index (χ2v) is 5.48. The predicted octanol–water partition coefficient (Wildman–Crippen LogP) is 1.91. The Labute approximate surface area is 124 Å². The number of aryl methyl sites for hydroxylation is 3. The average Bonchev–Trinajstić information content (AvgIpc) is 2.92. The monoisotopic (exact) mass is 289 g/mol. The van der Waals surface area contributed by atoms with E-state index in [4.69, 9.17) is 0 Å². The Morgan fingerprint density at radius 2 is 2.14 bits per heavy atom. The molecule has 1 atom stereocenters. The lowest BCUT2D eigenvalue weighted by molar-refractivity contribution is 0.0938.